The average Bonchev–Trinajstić information content (AvgIpc) is 2.35. The smallest absolute Gasteiger partial charge is 0.124 e. The monoisotopic (exact) mass is 244 g/mol. The Bertz CT molecular complexity index is 328. The number of ether oxygens (including phenoxy) is 2. The molecule has 1 aromatic carbocycles. The van der Waals surface area contributed by atoms with Crippen LogP contribution in [0.4, 0.5) is 0 Å². The molecule has 3 nitrogen and oxygen atoms in total. The van der Waals surface area contributed by atoms with Gasteiger partial charge in [-0.25, -0.2) is 0 Å². The van der Waals surface area contributed by atoms with E-state index in [1.807, 2.05) is 0 Å². The summed E-state index contributed by atoms with van der Waals surface area (Å²) in [6.45, 7) is 0. The Hall–Kier alpha value is -0.930. The molecule has 90 valence electrons. The fourth-order valence-electron chi connectivity index (χ4n) is 1.53. The molecular formula is C12H17ClO3. The van der Waals surface area contributed by atoms with Crippen LogP contribution < -0.4 is 9.47 Å². The first kappa shape index (κ1) is 13.1. The lowest BCUT2D eigenvalue weighted by molar-refractivity contribution is 0.162. The van der Waals surface area contributed by atoms with Crippen molar-refractivity contribution in [2.45, 2.75) is 18.9 Å². The highest BCUT2D eigenvalue weighted by Crippen LogP contribution is 2.31. The van der Waals surface area contributed by atoms with E-state index in [-0.39, 0.29) is 0 Å². The predicted molar refractivity (Wildman–Crippen MR) is 64.5 cm³/mol. The van der Waals surface area contributed by atoms with Crippen LogP contribution in [0.1, 0.15) is 24.5 Å². The molecule has 0 spiro atoms. The summed E-state index contributed by atoms with van der Waals surface area (Å²) < 4.78 is 10.3. The molecule has 0 saturated heterocycles. The number of hydrogen-bond acceptors (Lipinski definition) is 3. The lowest BCUT2D eigenvalue weighted by Crippen LogP contribution is -2.01. The maximum atomic E-state index is 9.99. The van der Waals surface area contributed by atoms with E-state index in [4.69, 9.17) is 21.1 Å². The summed E-state index contributed by atoms with van der Waals surface area (Å²) in [5, 5.41) is 9.99. The molecule has 0 aromatic heterocycles. The van der Waals surface area contributed by atoms with Gasteiger partial charge in [-0.1, -0.05) is 0 Å². The quantitative estimate of drug-likeness (QED) is 0.782. The summed E-state index contributed by atoms with van der Waals surface area (Å²) in [5.41, 5.74) is 0.743. The highest BCUT2D eigenvalue weighted by Gasteiger charge is 2.13. The van der Waals surface area contributed by atoms with Gasteiger partial charge in [-0.05, 0) is 31.0 Å². The van der Waals surface area contributed by atoms with Crippen LogP contribution in [0.3, 0.4) is 0 Å². The first-order valence-electron chi connectivity index (χ1n) is 5.19. The second kappa shape index (κ2) is 6.61. The summed E-state index contributed by atoms with van der Waals surface area (Å²) in [6, 6.07) is 5.38. The molecule has 1 unspecified atom stereocenters. The van der Waals surface area contributed by atoms with Crippen molar-refractivity contribution in [1.82, 2.24) is 0 Å². The molecule has 0 heterocycles. The molecule has 0 bridgehead atoms. The Balaban J connectivity index is 2.89. The molecule has 0 radical (unpaired) electrons. The zero-order valence-electron chi connectivity index (χ0n) is 9.57. The second-order valence-electron chi connectivity index (χ2n) is 3.45. The van der Waals surface area contributed by atoms with Crippen molar-refractivity contribution < 1.29 is 14.6 Å². The second-order valence-corrected chi connectivity index (χ2v) is 3.83. The first-order chi connectivity index (χ1) is 7.72. The lowest BCUT2D eigenvalue weighted by Gasteiger charge is -2.15. The highest BCUT2D eigenvalue weighted by molar-refractivity contribution is 6.17. The van der Waals surface area contributed by atoms with Crippen molar-refractivity contribution in [1.29, 1.82) is 0 Å². The Morgan fingerprint density at radius 3 is 2.62 bits per heavy atom. The Kier molecular flexibility index (Phi) is 5.43. The molecule has 1 rings (SSSR count). The van der Waals surface area contributed by atoms with E-state index in [9.17, 15) is 5.11 Å². The number of rotatable bonds is 6. The molecule has 0 aliphatic carbocycles. The van der Waals surface area contributed by atoms with E-state index in [0.717, 1.165) is 12.0 Å². The molecule has 1 N–H and O–H groups in total. The van der Waals surface area contributed by atoms with Crippen LogP contribution in [-0.2, 0) is 0 Å². The molecule has 16 heavy (non-hydrogen) atoms. The van der Waals surface area contributed by atoms with Gasteiger partial charge in [0.05, 0.1) is 20.3 Å². The van der Waals surface area contributed by atoms with Gasteiger partial charge in [0.2, 0.25) is 0 Å². The van der Waals surface area contributed by atoms with Gasteiger partial charge in [0.15, 0.2) is 0 Å². The average molecular weight is 245 g/mol. The minimum absolute atomic E-state index is 0.545. The first-order valence-corrected chi connectivity index (χ1v) is 5.72. The van der Waals surface area contributed by atoms with Crippen LogP contribution in [0.5, 0.6) is 11.5 Å². The van der Waals surface area contributed by atoms with Gasteiger partial charge < -0.3 is 14.6 Å². The fourth-order valence-corrected chi connectivity index (χ4v) is 1.68. The third-order valence-electron chi connectivity index (χ3n) is 2.41. The van der Waals surface area contributed by atoms with Crippen LogP contribution in [0, 0.1) is 0 Å². The Morgan fingerprint density at radius 1 is 1.31 bits per heavy atom. The number of methoxy groups -OCH3 is 2. The van der Waals surface area contributed by atoms with E-state index in [1.54, 1.807) is 32.4 Å². The van der Waals surface area contributed by atoms with E-state index in [0.29, 0.717) is 23.8 Å². The molecule has 0 saturated carbocycles. The minimum atomic E-state index is -0.566. The van der Waals surface area contributed by atoms with Gasteiger partial charge in [0.25, 0.3) is 0 Å². The standard InChI is InChI=1S/C12H17ClO3/c1-15-9-5-6-12(16-2)10(8-9)11(14)4-3-7-13/h5-6,8,11,14H,3-4,7H2,1-2H3. The van der Waals surface area contributed by atoms with E-state index < -0.39 is 6.10 Å². The summed E-state index contributed by atoms with van der Waals surface area (Å²) >= 11 is 5.60. The number of hydrogen-bond donors (Lipinski definition) is 1. The maximum absolute atomic E-state index is 9.99. The number of aliphatic hydroxyl groups excluding tert-OH is 1. The predicted octanol–water partition coefficient (Wildman–Crippen LogP) is 2.76. The summed E-state index contributed by atoms with van der Waals surface area (Å²) in [6.07, 6.45) is 0.819. The number of aliphatic hydroxyl groups is 1. The number of alkyl halides is 1. The van der Waals surface area contributed by atoms with Crippen molar-refractivity contribution in [3.05, 3.63) is 23.8 Å². The number of benzene rings is 1. The lowest BCUT2D eigenvalue weighted by atomic mass is 10.0. The molecule has 1 aromatic rings. The van der Waals surface area contributed by atoms with Crippen LogP contribution >= 0.6 is 11.6 Å². The third kappa shape index (κ3) is 3.29. The Morgan fingerprint density at radius 2 is 2.06 bits per heavy atom. The molecule has 0 amide bonds. The molecule has 1 atom stereocenters. The largest absolute Gasteiger partial charge is 0.497 e. The van der Waals surface area contributed by atoms with Gasteiger partial charge in [-0.3, -0.25) is 0 Å². The van der Waals surface area contributed by atoms with Gasteiger partial charge in [-0.2, -0.15) is 0 Å². The third-order valence-corrected chi connectivity index (χ3v) is 2.67. The van der Waals surface area contributed by atoms with Crippen LogP contribution in [0.25, 0.3) is 0 Å². The molecule has 0 fully saturated rings. The zero-order chi connectivity index (χ0) is 12.0. The van der Waals surface area contributed by atoms with Crippen LogP contribution in [-0.4, -0.2) is 25.2 Å². The molecular weight excluding hydrogens is 228 g/mol. The highest BCUT2D eigenvalue weighted by atomic mass is 35.5. The van der Waals surface area contributed by atoms with Crippen molar-refractivity contribution in [2.24, 2.45) is 0 Å². The number of halogens is 1. The molecule has 0 aliphatic heterocycles. The summed E-state index contributed by atoms with van der Waals surface area (Å²) in [5.74, 6) is 1.92. The van der Waals surface area contributed by atoms with E-state index in [2.05, 4.69) is 0 Å². The zero-order valence-corrected chi connectivity index (χ0v) is 10.3. The summed E-state index contributed by atoms with van der Waals surface area (Å²) in [7, 11) is 3.18. The van der Waals surface area contributed by atoms with E-state index >= 15 is 0 Å². The van der Waals surface area contributed by atoms with Crippen LogP contribution in [0.15, 0.2) is 18.2 Å². The SMILES string of the molecule is COc1ccc(OC)c(C(O)CCCCl)c1. The molecule has 4 heteroatoms. The van der Waals surface area contributed by atoms with Gasteiger partial charge in [0.1, 0.15) is 11.5 Å². The van der Waals surface area contributed by atoms with E-state index in [1.165, 1.54) is 0 Å². The van der Waals surface area contributed by atoms with Gasteiger partial charge in [-0.15, -0.1) is 11.6 Å². The Labute approximate surface area is 101 Å². The molecule has 0 aliphatic rings. The topological polar surface area (TPSA) is 38.7 Å². The summed E-state index contributed by atoms with van der Waals surface area (Å²) in [4.78, 5) is 0. The minimum Gasteiger partial charge on any atom is -0.497 e. The fraction of sp³-hybridized carbons (Fsp3) is 0.500. The normalized spacial score (nSPS) is 12.2. The van der Waals surface area contributed by atoms with Crippen molar-refractivity contribution in [3.8, 4) is 11.5 Å². The maximum Gasteiger partial charge on any atom is 0.124 e. The van der Waals surface area contributed by atoms with Crippen molar-refractivity contribution in [3.63, 3.8) is 0 Å². The van der Waals surface area contributed by atoms with Gasteiger partial charge >= 0.3 is 0 Å². The van der Waals surface area contributed by atoms with Crippen molar-refractivity contribution in [2.75, 3.05) is 20.1 Å². The van der Waals surface area contributed by atoms with Crippen molar-refractivity contribution >= 4 is 11.6 Å². The van der Waals surface area contributed by atoms with Gasteiger partial charge in [0, 0.05) is 11.4 Å². The van der Waals surface area contributed by atoms with Crippen LogP contribution in [0.2, 0.25) is 0 Å².